The maximum atomic E-state index is 12.2. The number of nitrogens with zero attached hydrogens (tertiary/aromatic N) is 3. The van der Waals surface area contributed by atoms with E-state index in [0.29, 0.717) is 0 Å². The monoisotopic (exact) mass is 268 g/mol. The molecule has 2 aromatic rings. The van der Waals surface area contributed by atoms with Crippen molar-refractivity contribution in [3.8, 4) is 5.69 Å². The Kier molecular flexibility index (Phi) is 2.58. The lowest BCUT2D eigenvalue weighted by molar-refractivity contribution is -0.120. The van der Waals surface area contributed by atoms with Crippen LogP contribution in [0.1, 0.15) is 19.3 Å². The Labute approximate surface area is 117 Å². The highest BCUT2D eigenvalue weighted by molar-refractivity contribution is 5.93. The molecule has 5 heteroatoms. The molecule has 1 N–H and O–H groups in total. The van der Waals surface area contributed by atoms with Crippen LogP contribution in [0.4, 0.5) is 5.69 Å². The van der Waals surface area contributed by atoms with Gasteiger partial charge in [-0.1, -0.05) is 6.07 Å². The third kappa shape index (κ3) is 2.09. The number of nitrogens with one attached hydrogen (secondary N) is 1. The van der Waals surface area contributed by atoms with E-state index < -0.39 is 0 Å². The van der Waals surface area contributed by atoms with Crippen LogP contribution in [0.25, 0.3) is 5.69 Å². The molecule has 1 heterocycles. The van der Waals surface area contributed by atoms with Gasteiger partial charge in [0.2, 0.25) is 5.91 Å². The van der Waals surface area contributed by atoms with E-state index in [9.17, 15) is 4.79 Å². The second kappa shape index (κ2) is 4.44. The minimum absolute atomic E-state index is 0.165. The van der Waals surface area contributed by atoms with Crippen molar-refractivity contribution in [1.82, 2.24) is 14.8 Å². The van der Waals surface area contributed by atoms with Gasteiger partial charge in [0, 0.05) is 11.6 Å². The minimum Gasteiger partial charge on any atom is -0.326 e. The van der Waals surface area contributed by atoms with Gasteiger partial charge in [0.25, 0.3) is 0 Å². The minimum atomic E-state index is 0.165. The summed E-state index contributed by atoms with van der Waals surface area (Å²) in [4.78, 5) is 12.2. The van der Waals surface area contributed by atoms with Crippen molar-refractivity contribution in [2.45, 2.75) is 19.3 Å². The average Bonchev–Trinajstić information content (AvgIpc) is 2.91. The Bertz CT molecular complexity index is 627. The molecule has 5 nitrogen and oxygen atoms in total. The molecule has 1 amide bonds. The van der Waals surface area contributed by atoms with Crippen LogP contribution < -0.4 is 5.32 Å². The molecule has 4 rings (SSSR count). The summed E-state index contributed by atoms with van der Waals surface area (Å²) in [7, 11) is 0. The molecule has 0 saturated heterocycles. The first-order valence-electron chi connectivity index (χ1n) is 7.05. The number of carbonyl (C=O) groups is 1. The number of aromatic nitrogens is 3. The highest BCUT2D eigenvalue weighted by Crippen LogP contribution is 2.54. The van der Waals surface area contributed by atoms with Crippen molar-refractivity contribution in [3.05, 3.63) is 36.9 Å². The largest absolute Gasteiger partial charge is 0.326 e. The number of anilines is 1. The Morgan fingerprint density at radius 3 is 2.65 bits per heavy atom. The van der Waals surface area contributed by atoms with Gasteiger partial charge in [0.1, 0.15) is 12.7 Å². The van der Waals surface area contributed by atoms with Crippen LogP contribution in [0.15, 0.2) is 36.9 Å². The highest BCUT2D eigenvalue weighted by Gasteiger charge is 2.47. The molecule has 1 aromatic heterocycles. The van der Waals surface area contributed by atoms with Crippen LogP contribution in [-0.2, 0) is 4.79 Å². The summed E-state index contributed by atoms with van der Waals surface area (Å²) in [5.41, 5.74) is 1.78. The number of carbonyl (C=O) groups excluding carboxylic acids is 1. The molecular weight excluding hydrogens is 252 g/mol. The van der Waals surface area contributed by atoms with Crippen molar-refractivity contribution in [3.63, 3.8) is 0 Å². The predicted molar refractivity (Wildman–Crippen MR) is 74.3 cm³/mol. The first kappa shape index (κ1) is 11.6. The zero-order valence-corrected chi connectivity index (χ0v) is 11.1. The van der Waals surface area contributed by atoms with Crippen LogP contribution >= 0.6 is 0 Å². The lowest BCUT2D eigenvalue weighted by atomic mass is 10.0. The molecule has 2 aliphatic carbocycles. The Balaban J connectivity index is 1.48. The van der Waals surface area contributed by atoms with Crippen molar-refractivity contribution in [2.24, 2.45) is 17.8 Å². The Morgan fingerprint density at radius 2 is 1.90 bits per heavy atom. The first-order valence-corrected chi connectivity index (χ1v) is 7.05. The summed E-state index contributed by atoms with van der Waals surface area (Å²) in [5, 5.41) is 10.6. The van der Waals surface area contributed by atoms with E-state index in [1.807, 2.05) is 28.8 Å². The predicted octanol–water partition coefficient (Wildman–Crippen LogP) is 2.25. The molecule has 2 saturated carbocycles. The molecule has 2 atom stereocenters. The van der Waals surface area contributed by atoms with E-state index in [1.54, 1.807) is 12.7 Å². The summed E-state index contributed by atoms with van der Waals surface area (Å²) in [6.45, 7) is 0. The molecule has 0 spiro atoms. The maximum Gasteiger partial charge on any atom is 0.227 e. The van der Waals surface area contributed by atoms with Crippen LogP contribution in [0.2, 0.25) is 0 Å². The van der Waals surface area contributed by atoms with Gasteiger partial charge in [-0.3, -0.25) is 9.36 Å². The number of hydrogen-bond donors (Lipinski definition) is 1. The van der Waals surface area contributed by atoms with E-state index in [0.717, 1.165) is 36.1 Å². The molecule has 0 aliphatic heterocycles. The van der Waals surface area contributed by atoms with Gasteiger partial charge in [-0.15, -0.1) is 10.2 Å². The molecule has 20 heavy (non-hydrogen) atoms. The van der Waals surface area contributed by atoms with Gasteiger partial charge in [0.05, 0.1) is 5.69 Å². The van der Waals surface area contributed by atoms with E-state index in [-0.39, 0.29) is 11.8 Å². The zero-order chi connectivity index (χ0) is 13.5. The second-order valence-corrected chi connectivity index (χ2v) is 5.83. The average molecular weight is 268 g/mol. The quantitative estimate of drug-likeness (QED) is 0.928. The van der Waals surface area contributed by atoms with E-state index in [2.05, 4.69) is 15.5 Å². The Hall–Kier alpha value is -2.17. The summed E-state index contributed by atoms with van der Waals surface area (Å²) in [5.74, 6) is 2.03. The summed E-state index contributed by atoms with van der Waals surface area (Å²) in [6.07, 6.45) is 6.77. The van der Waals surface area contributed by atoms with E-state index in [4.69, 9.17) is 0 Å². The third-order valence-electron chi connectivity index (χ3n) is 4.44. The molecule has 2 aliphatic rings. The van der Waals surface area contributed by atoms with Gasteiger partial charge in [-0.25, -0.2) is 0 Å². The van der Waals surface area contributed by atoms with Gasteiger partial charge >= 0.3 is 0 Å². The smallest absolute Gasteiger partial charge is 0.227 e. The van der Waals surface area contributed by atoms with Crippen LogP contribution in [0.5, 0.6) is 0 Å². The number of benzene rings is 1. The standard InChI is InChI=1S/C15H16N4O/c20-15(12-5-10-4-11(10)6-12)18-13-2-1-3-14(7-13)19-8-16-17-9-19/h1-3,7-12H,4-6H2,(H,18,20). The fraction of sp³-hybridized carbons (Fsp3) is 0.400. The molecular formula is C15H16N4O. The van der Waals surface area contributed by atoms with E-state index >= 15 is 0 Å². The molecule has 0 bridgehead atoms. The van der Waals surface area contributed by atoms with Crippen molar-refractivity contribution in [1.29, 1.82) is 0 Å². The van der Waals surface area contributed by atoms with Crippen molar-refractivity contribution < 1.29 is 4.79 Å². The second-order valence-electron chi connectivity index (χ2n) is 5.83. The molecule has 2 fully saturated rings. The van der Waals surface area contributed by atoms with Crippen LogP contribution in [0, 0.1) is 17.8 Å². The van der Waals surface area contributed by atoms with E-state index in [1.165, 1.54) is 6.42 Å². The van der Waals surface area contributed by atoms with Crippen molar-refractivity contribution >= 4 is 11.6 Å². The normalized spacial score (nSPS) is 27.1. The summed E-state index contributed by atoms with van der Waals surface area (Å²) in [6, 6.07) is 7.75. The summed E-state index contributed by atoms with van der Waals surface area (Å²) < 4.78 is 1.82. The SMILES string of the molecule is O=C(Nc1cccc(-n2cnnc2)c1)C1CC2CC2C1. The number of hydrogen-bond acceptors (Lipinski definition) is 3. The fourth-order valence-electron chi connectivity index (χ4n) is 3.25. The molecule has 1 aromatic carbocycles. The van der Waals surface area contributed by atoms with Gasteiger partial charge in [-0.2, -0.15) is 0 Å². The zero-order valence-electron chi connectivity index (χ0n) is 11.1. The van der Waals surface area contributed by atoms with Gasteiger partial charge < -0.3 is 5.32 Å². The first-order chi connectivity index (χ1) is 9.79. The Morgan fingerprint density at radius 1 is 1.15 bits per heavy atom. The fourth-order valence-corrected chi connectivity index (χ4v) is 3.25. The van der Waals surface area contributed by atoms with Gasteiger partial charge in [-0.05, 0) is 49.3 Å². The highest BCUT2D eigenvalue weighted by atomic mass is 16.1. The number of amides is 1. The number of rotatable bonds is 3. The van der Waals surface area contributed by atoms with Crippen molar-refractivity contribution in [2.75, 3.05) is 5.32 Å². The lowest BCUT2D eigenvalue weighted by Crippen LogP contribution is -2.21. The third-order valence-corrected chi connectivity index (χ3v) is 4.44. The summed E-state index contributed by atoms with van der Waals surface area (Å²) >= 11 is 0. The topological polar surface area (TPSA) is 59.8 Å². The van der Waals surface area contributed by atoms with Crippen LogP contribution in [0.3, 0.4) is 0 Å². The maximum absolute atomic E-state index is 12.2. The number of fused-ring (bicyclic) bond motifs is 1. The molecule has 2 unspecified atom stereocenters. The molecule has 102 valence electrons. The lowest BCUT2D eigenvalue weighted by Gasteiger charge is -2.13. The van der Waals surface area contributed by atoms with Gasteiger partial charge in [0.15, 0.2) is 0 Å². The molecule has 0 radical (unpaired) electrons. The van der Waals surface area contributed by atoms with Crippen LogP contribution in [-0.4, -0.2) is 20.7 Å².